The number of hydrogen-bond donors (Lipinski definition) is 3. The van der Waals surface area contributed by atoms with Crippen LogP contribution in [0.3, 0.4) is 0 Å². The molecule has 0 fully saturated rings. The minimum Gasteiger partial charge on any atom is -0.387 e. The van der Waals surface area contributed by atoms with Crippen LogP contribution in [0.5, 0.6) is 0 Å². The summed E-state index contributed by atoms with van der Waals surface area (Å²) in [5.41, 5.74) is 0.572. The van der Waals surface area contributed by atoms with E-state index < -0.39 is 6.10 Å². The average molecular weight is 291 g/mol. The van der Waals surface area contributed by atoms with Crippen molar-refractivity contribution in [2.45, 2.75) is 19.4 Å². The Morgan fingerprint density at radius 1 is 1.28 bits per heavy atom. The van der Waals surface area contributed by atoms with Crippen LogP contribution in [0.15, 0.2) is 18.2 Å². The summed E-state index contributed by atoms with van der Waals surface area (Å²) in [5.74, 6) is 0. The molecular weight excluding hydrogens is 275 g/mol. The molecule has 1 atom stereocenters. The van der Waals surface area contributed by atoms with Gasteiger partial charge in [-0.2, -0.15) is 0 Å². The van der Waals surface area contributed by atoms with Crippen molar-refractivity contribution in [2.75, 3.05) is 13.1 Å². The van der Waals surface area contributed by atoms with Crippen LogP contribution in [0.25, 0.3) is 0 Å². The van der Waals surface area contributed by atoms with Crippen molar-refractivity contribution in [3.8, 4) is 0 Å². The first-order valence-corrected chi connectivity index (χ1v) is 6.44. The summed E-state index contributed by atoms with van der Waals surface area (Å²) < 4.78 is 0. The quantitative estimate of drug-likeness (QED) is 0.781. The fraction of sp³-hybridized carbons (Fsp3) is 0.417. The van der Waals surface area contributed by atoms with Crippen molar-refractivity contribution in [1.29, 1.82) is 0 Å². The molecule has 1 rings (SSSR count). The Bertz CT molecular complexity index is 393. The van der Waals surface area contributed by atoms with Gasteiger partial charge >= 0.3 is 6.03 Å². The molecule has 0 radical (unpaired) electrons. The smallest absolute Gasteiger partial charge is 0.314 e. The number of aliphatic hydroxyl groups excluding tert-OH is 1. The highest BCUT2D eigenvalue weighted by molar-refractivity contribution is 6.34. The highest BCUT2D eigenvalue weighted by Crippen LogP contribution is 2.23. The number of carbonyl (C=O) groups excluding carboxylic acids is 1. The summed E-state index contributed by atoms with van der Waals surface area (Å²) in [6, 6.07) is 4.51. The number of benzene rings is 1. The van der Waals surface area contributed by atoms with Crippen molar-refractivity contribution >= 4 is 29.2 Å². The van der Waals surface area contributed by atoms with Gasteiger partial charge in [-0.3, -0.25) is 0 Å². The van der Waals surface area contributed by atoms with Crippen molar-refractivity contribution in [1.82, 2.24) is 10.6 Å². The standard InChI is InChI=1S/C12H16Cl2N2O2/c1-2-3-15-12(18)16-7-11(17)8-4-9(13)6-10(14)5-8/h4-6,11,17H,2-3,7H2,1H3,(H2,15,16,18). The monoisotopic (exact) mass is 290 g/mol. The third kappa shape index (κ3) is 5.12. The molecule has 0 aliphatic rings. The molecule has 4 nitrogen and oxygen atoms in total. The van der Waals surface area contributed by atoms with Gasteiger partial charge in [0, 0.05) is 23.1 Å². The van der Waals surface area contributed by atoms with E-state index in [2.05, 4.69) is 10.6 Å². The minimum absolute atomic E-state index is 0.103. The van der Waals surface area contributed by atoms with E-state index in [0.29, 0.717) is 22.2 Å². The van der Waals surface area contributed by atoms with E-state index in [1.165, 1.54) is 0 Å². The summed E-state index contributed by atoms with van der Waals surface area (Å²) in [5, 5.41) is 16.0. The number of aliphatic hydroxyl groups is 1. The first-order valence-electron chi connectivity index (χ1n) is 5.68. The Kier molecular flexibility index (Phi) is 6.25. The van der Waals surface area contributed by atoms with Crippen molar-refractivity contribution < 1.29 is 9.90 Å². The van der Waals surface area contributed by atoms with Gasteiger partial charge in [0.1, 0.15) is 0 Å². The molecule has 0 saturated carbocycles. The fourth-order valence-corrected chi connectivity index (χ4v) is 1.92. The molecule has 0 aliphatic carbocycles. The molecule has 1 aromatic rings. The first kappa shape index (κ1) is 15.1. The van der Waals surface area contributed by atoms with E-state index >= 15 is 0 Å². The molecule has 1 unspecified atom stereocenters. The summed E-state index contributed by atoms with van der Waals surface area (Å²) in [6.07, 6.45) is 0.0217. The lowest BCUT2D eigenvalue weighted by atomic mass is 10.1. The van der Waals surface area contributed by atoms with Gasteiger partial charge in [0.2, 0.25) is 0 Å². The molecule has 6 heteroatoms. The second-order valence-corrected chi connectivity index (χ2v) is 4.73. The highest BCUT2D eigenvalue weighted by Gasteiger charge is 2.10. The summed E-state index contributed by atoms with van der Waals surface area (Å²) in [4.78, 5) is 11.3. The zero-order chi connectivity index (χ0) is 13.5. The zero-order valence-corrected chi connectivity index (χ0v) is 11.6. The van der Waals surface area contributed by atoms with Crippen LogP contribution in [0, 0.1) is 0 Å². The van der Waals surface area contributed by atoms with Crippen molar-refractivity contribution in [3.05, 3.63) is 33.8 Å². The van der Waals surface area contributed by atoms with Gasteiger partial charge in [-0.05, 0) is 30.2 Å². The highest BCUT2D eigenvalue weighted by atomic mass is 35.5. The lowest BCUT2D eigenvalue weighted by Crippen LogP contribution is -2.38. The number of hydrogen-bond acceptors (Lipinski definition) is 2. The second kappa shape index (κ2) is 7.46. The molecular formula is C12H16Cl2N2O2. The number of rotatable bonds is 5. The van der Waals surface area contributed by atoms with Gasteiger partial charge in [-0.1, -0.05) is 30.1 Å². The van der Waals surface area contributed by atoms with Crippen LogP contribution in [0.1, 0.15) is 25.0 Å². The first-order chi connectivity index (χ1) is 8.52. The maximum Gasteiger partial charge on any atom is 0.314 e. The van der Waals surface area contributed by atoms with E-state index in [4.69, 9.17) is 23.2 Å². The minimum atomic E-state index is -0.839. The van der Waals surface area contributed by atoms with E-state index in [-0.39, 0.29) is 12.6 Å². The third-order valence-electron chi connectivity index (χ3n) is 2.26. The topological polar surface area (TPSA) is 61.4 Å². The van der Waals surface area contributed by atoms with Crippen LogP contribution in [-0.2, 0) is 0 Å². The molecule has 1 aromatic carbocycles. The SMILES string of the molecule is CCCNC(=O)NCC(O)c1cc(Cl)cc(Cl)c1. The predicted molar refractivity (Wildman–Crippen MR) is 73.1 cm³/mol. The van der Waals surface area contributed by atoms with E-state index in [9.17, 15) is 9.90 Å². The molecule has 18 heavy (non-hydrogen) atoms. The molecule has 0 aliphatic heterocycles. The molecule has 100 valence electrons. The molecule has 0 bridgehead atoms. The van der Waals surface area contributed by atoms with E-state index in [1.54, 1.807) is 18.2 Å². The Balaban J connectivity index is 2.49. The Morgan fingerprint density at radius 3 is 2.44 bits per heavy atom. The normalized spacial score (nSPS) is 12.0. The second-order valence-electron chi connectivity index (χ2n) is 3.86. The van der Waals surface area contributed by atoms with Gasteiger partial charge in [-0.15, -0.1) is 0 Å². The van der Waals surface area contributed by atoms with Gasteiger partial charge in [-0.25, -0.2) is 4.79 Å². The van der Waals surface area contributed by atoms with Crippen LogP contribution in [0.2, 0.25) is 10.0 Å². The Hall–Kier alpha value is -0.970. The lowest BCUT2D eigenvalue weighted by Gasteiger charge is -2.13. The number of carbonyl (C=O) groups is 1. The van der Waals surface area contributed by atoms with Crippen molar-refractivity contribution in [2.24, 2.45) is 0 Å². The summed E-state index contributed by atoms with van der Waals surface area (Å²) in [7, 11) is 0. The van der Waals surface area contributed by atoms with Gasteiger partial charge < -0.3 is 15.7 Å². The van der Waals surface area contributed by atoms with Crippen LogP contribution < -0.4 is 10.6 Å². The Labute approximate surface area is 116 Å². The largest absolute Gasteiger partial charge is 0.387 e. The third-order valence-corrected chi connectivity index (χ3v) is 2.70. The van der Waals surface area contributed by atoms with Crippen molar-refractivity contribution in [3.63, 3.8) is 0 Å². The number of halogens is 2. The Morgan fingerprint density at radius 2 is 1.89 bits per heavy atom. The molecule has 2 amide bonds. The van der Waals surface area contributed by atoms with Gasteiger partial charge in [0.25, 0.3) is 0 Å². The number of amides is 2. The van der Waals surface area contributed by atoms with Crippen LogP contribution >= 0.6 is 23.2 Å². The average Bonchev–Trinajstić information content (AvgIpc) is 2.32. The van der Waals surface area contributed by atoms with E-state index in [1.807, 2.05) is 6.92 Å². The number of nitrogens with one attached hydrogen (secondary N) is 2. The maximum atomic E-state index is 11.3. The zero-order valence-electron chi connectivity index (χ0n) is 10.0. The van der Waals surface area contributed by atoms with E-state index in [0.717, 1.165) is 6.42 Å². The van der Waals surface area contributed by atoms with Crippen LogP contribution in [0.4, 0.5) is 4.79 Å². The lowest BCUT2D eigenvalue weighted by molar-refractivity contribution is 0.173. The molecule has 0 spiro atoms. The molecule has 0 saturated heterocycles. The maximum absolute atomic E-state index is 11.3. The number of urea groups is 1. The molecule has 3 N–H and O–H groups in total. The summed E-state index contributed by atoms with van der Waals surface area (Å²) >= 11 is 11.7. The predicted octanol–water partition coefficient (Wildman–Crippen LogP) is 2.74. The van der Waals surface area contributed by atoms with Gasteiger partial charge in [0.15, 0.2) is 0 Å². The summed E-state index contributed by atoms with van der Waals surface area (Å²) in [6.45, 7) is 2.67. The molecule has 0 heterocycles. The fourth-order valence-electron chi connectivity index (χ4n) is 1.38. The van der Waals surface area contributed by atoms with Gasteiger partial charge in [0.05, 0.1) is 6.10 Å². The molecule has 0 aromatic heterocycles. The van der Waals surface area contributed by atoms with Crippen LogP contribution in [-0.4, -0.2) is 24.2 Å².